The molecule has 2 heterocycles. The van der Waals surface area contributed by atoms with Crippen LogP contribution in [0.5, 0.6) is 0 Å². The van der Waals surface area contributed by atoms with Gasteiger partial charge in [0, 0.05) is 0 Å². The number of fused-ring (bicyclic) bond motifs is 2. The first-order valence-corrected chi connectivity index (χ1v) is 15.1. The molecule has 1 aromatic heterocycles. The fraction of sp³-hybridized carbons (Fsp3) is 0.270. The minimum atomic E-state index is -0.900. The van der Waals surface area contributed by atoms with E-state index in [1.165, 1.54) is 0 Å². The molecule has 1 aliphatic heterocycles. The highest BCUT2D eigenvalue weighted by molar-refractivity contribution is 6.61. The molecular weight excluding hydrogens is 531 g/mol. The number of aromatic amines is 1. The molecule has 43 heavy (non-hydrogen) atoms. The van der Waals surface area contributed by atoms with Gasteiger partial charge in [0.25, 0.3) is 0 Å². The summed E-state index contributed by atoms with van der Waals surface area (Å²) in [5.41, 5.74) is 6.76. The van der Waals surface area contributed by atoms with E-state index in [1.54, 1.807) is 0 Å². The maximum Gasteiger partial charge on any atom is 0.492 e. The Balaban J connectivity index is 0.000000264. The molecule has 0 bridgehead atoms. The van der Waals surface area contributed by atoms with E-state index >= 15 is 0 Å². The normalized spacial score (nSPS) is 13.3. The van der Waals surface area contributed by atoms with Gasteiger partial charge in [0.05, 0.1) is 22.2 Å². The largest absolute Gasteiger partial charge is 0.492 e. The average molecular weight is 577 g/mol. The molecule has 0 fully saturated rings. The number of rotatable bonds is 4. The predicted molar refractivity (Wildman–Crippen MR) is 183 cm³/mol. The highest BCUT2D eigenvalue weighted by Gasteiger charge is 2.39. The molecule has 0 spiro atoms. The summed E-state index contributed by atoms with van der Waals surface area (Å²) in [5.74, 6) is 0.821. The number of nitrogens with zero attached hydrogens (tertiary/aromatic N) is 1. The molecule has 0 amide bonds. The fourth-order valence-corrected chi connectivity index (χ4v) is 4.95. The third kappa shape index (κ3) is 8.32. The molecule has 0 saturated carbocycles. The smallest absolute Gasteiger partial charge is 0.423 e. The molecule has 0 radical (unpaired) electrons. The number of H-pyrrole nitrogens is 1. The molecule has 0 aliphatic carbocycles. The maximum absolute atomic E-state index is 10.5. The van der Waals surface area contributed by atoms with E-state index in [9.17, 15) is 10.1 Å². The van der Waals surface area contributed by atoms with E-state index in [0.717, 1.165) is 50.1 Å². The second kappa shape index (κ2) is 15.0. The van der Waals surface area contributed by atoms with E-state index in [2.05, 4.69) is 34.2 Å². The van der Waals surface area contributed by atoms with Gasteiger partial charge < -0.3 is 19.8 Å². The Kier molecular flexibility index (Phi) is 11.7. The van der Waals surface area contributed by atoms with Crippen molar-refractivity contribution in [2.75, 3.05) is 0 Å². The number of hydrogen-bond acceptors (Lipinski definition) is 4. The van der Waals surface area contributed by atoms with Crippen LogP contribution in [-0.4, -0.2) is 27.2 Å². The van der Waals surface area contributed by atoms with Crippen LogP contribution >= 0.6 is 0 Å². The quantitative estimate of drug-likeness (QED) is 0.188. The van der Waals surface area contributed by atoms with Crippen LogP contribution in [0, 0.1) is 0 Å². The average Bonchev–Trinajstić information content (AvgIpc) is 3.54. The lowest BCUT2D eigenvalue weighted by atomic mass is 9.78. The van der Waals surface area contributed by atoms with Crippen molar-refractivity contribution < 1.29 is 14.8 Å². The van der Waals surface area contributed by atoms with Crippen molar-refractivity contribution in [2.24, 2.45) is 0 Å². The van der Waals surface area contributed by atoms with Crippen LogP contribution in [-0.2, 0) is 15.9 Å². The predicted octanol–water partition coefficient (Wildman–Crippen LogP) is 8.32. The van der Waals surface area contributed by atoms with Gasteiger partial charge in [-0.15, -0.1) is 0 Å². The fourth-order valence-electron chi connectivity index (χ4n) is 4.95. The monoisotopic (exact) mass is 576 g/mol. The molecule has 6 rings (SSSR count). The zero-order valence-electron chi connectivity index (χ0n) is 26.7. The summed E-state index contributed by atoms with van der Waals surface area (Å²) < 4.78 is 5.37. The molecule has 224 valence electrons. The molecule has 5 aromatic rings. The molecule has 3 N–H and O–H groups in total. The molecule has 1 aliphatic rings. The van der Waals surface area contributed by atoms with E-state index in [0.29, 0.717) is 0 Å². The lowest BCUT2D eigenvalue weighted by Crippen LogP contribution is -2.28. The van der Waals surface area contributed by atoms with Crippen molar-refractivity contribution in [3.8, 4) is 11.1 Å². The van der Waals surface area contributed by atoms with Crippen molar-refractivity contribution in [3.63, 3.8) is 0 Å². The number of imidazole rings is 1. The van der Waals surface area contributed by atoms with Gasteiger partial charge in [-0.3, -0.25) is 0 Å². The third-order valence-electron chi connectivity index (χ3n) is 6.91. The first kappa shape index (κ1) is 33.5. The summed E-state index contributed by atoms with van der Waals surface area (Å²) in [5, 5.41) is 20.0. The molecule has 0 unspecified atom stereocenters. The second-order valence-corrected chi connectivity index (χ2v) is 10.8. The minimum Gasteiger partial charge on any atom is -0.423 e. The minimum absolute atomic E-state index is 0.351. The summed E-state index contributed by atoms with van der Waals surface area (Å²) in [4.78, 5) is 8.02. The van der Waals surface area contributed by atoms with Crippen LogP contribution in [0.3, 0.4) is 0 Å². The van der Waals surface area contributed by atoms with Crippen LogP contribution in [0.25, 0.3) is 34.3 Å². The van der Waals surface area contributed by atoms with Crippen LogP contribution in [0.2, 0.25) is 0 Å². The molecule has 6 heteroatoms. The first-order valence-electron chi connectivity index (χ1n) is 15.1. The van der Waals surface area contributed by atoms with Gasteiger partial charge in [-0.2, -0.15) is 0 Å². The highest BCUT2D eigenvalue weighted by atomic mass is 16.5. The topological polar surface area (TPSA) is 78.4 Å². The second-order valence-electron chi connectivity index (χ2n) is 10.8. The van der Waals surface area contributed by atoms with Gasteiger partial charge in [-0.05, 0) is 79.2 Å². The lowest BCUT2D eigenvalue weighted by molar-refractivity contribution is 0.0792. The summed E-state index contributed by atoms with van der Waals surface area (Å²) in [7, 11) is -0.754. The van der Waals surface area contributed by atoms with Crippen molar-refractivity contribution in [2.45, 2.75) is 66.6 Å². The number of aliphatic hydroxyl groups is 1. The number of nitrogens with one attached hydrogen (secondary N) is 1. The SMILES string of the molecule is CC.CC.CC(C)(O)c1ccccc1-c1ccc2nc(/C=C/c3ccccc3)[nH]c2c1.CC1(C)OB(O)c2ccccc21. The van der Waals surface area contributed by atoms with Gasteiger partial charge >= 0.3 is 7.12 Å². The molecule has 0 saturated heterocycles. The highest BCUT2D eigenvalue weighted by Crippen LogP contribution is 2.33. The Morgan fingerprint density at radius 2 is 1.44 bits per heavy atom. The van der Waals surface area contributed by atoms with E-state index < -0.39 is 12.7 Å². The van der Waals surface area contributed by atoms with Gasteiger partial charge in [0.15, 0.2) is 0 Å². The van der Waals surface area contributed by atoms with Crippen molar-refractivity contribution in [1.82, 2.24) is 9.97 Å². The summed E-state index contributed by atoms with van der Waals surface area (Å²) in [6.45, 7) is 15.5. The number of benzene rings is 4. The Hall–Kier alpha value is -3.97. The van der Waals surface area contributed by atoms with Crippen LogP contribution < -0.4 is 5.46 Å². The molecule has 5 nitrogen and oxygen atoms in total. The third-order valence-corrected chi connectivity index (χ3v) is 6.91. The number of hydrogen-bond donors (Lipinski definition) is 3. The zero-order valence-corrected chi connectivity index (χ0v) is 26.7. The Morgan fingerprint density at radius 3 is 2.12 bits per heavy atom. The van der Waals surface area contributed by atoms with Crippen LogP contribution in [0.15, 0.2) is 97.1 Å². The summed E-state index contributed by atoms with van der Waals surface area (Å²) >= 11 is 0. The number of aromatic nitrogens is 2. The lowest BCUT2D eigenvalue weighted by Gasteiger charge is -2.21. The Morgan fingerprint density at radius 1 is 0.814 bits per heavy atom. The van der Waals surface area contributed by atoms with Gasteiger partial charge in [-0.25, -0.2) is 4.98 Å². The van der Waals surface area contributed by atoms with Gasteiger partial charge in [-0.1, -0.05) is 119 Å². The summed E-state index contributed by atoms with van der Waals surface area (Å²) in [6.07, 6.45) is 4.03. The standard InChI is InChI=1S/C24H22N2O.C9H11BO2.2C2H6/c1-24(2,27)20-11-7-6-10-19(20)18-13-14-21-22(16-18)26-23(25-21)15-12-17-8-4-3-5-9-17;1-9(2)7-5-3-4-6-8(7)10(11)12-9;2*1-2/h3-16,27H,1-2H3,(H,25,26);3-6,11H,1-2H3;2*1-2H3/b15-12+;;;. The van der Waals surface area contributed by atoms with E-state index in [4.69, 9.17) is 4.65 Å². The van der Waals surface area contributed by atoms with Gasteiger partial charge in [0.2, 0.25) is 0 Å². The maximum atomic E-state index is 10.5. The first-order chi connectivity index (χ1) is 20.6. The van der Waals surface area contributed by atoms with Crippen molar-refractivity contribution in [3.05, 3.63) is 120 Å². The van der Waals surface area contributed by atoms with E-state index in [1.807, 2.05) is 140 Å². The van der Waals surface area contributed by atoms with E-state index in [-0.39, 0.29) is 5.60 Å². The Bertz CT molecular complexity index is 1620. The molecule has 0 atom stereocenters. The zero-order chi connectivity index (χ0) is 31.6. The summed E-state index contributed by atoms with van der Waals surface area (Å²) in [6, 6.07) is 32.1. The molecule has 4 aromatic carbocycles. The van der Waals surface area contributed by atoms with Crippen LogP contribution in [0.4, 0.5) is 0 Å². The van der Waals surface area contributed by atoms with Crippen LogP contribution in [0.1, 0.15) is 77.9 Å². The Labute approximate surface area is 257 Å². The van der Waals surface area contributed by atoms with Crippen molar-refractivity contribution in [1.29, 1.82) is 0 Å². The van der Waals surface area contributed by atoms with Crippen molar-refractivity contribution >= 4 is 35.8 Å². The molecular formula is C37H45BN2O3. The van der Waals surface area contributed by atoms with Gasteiger partial charge in [0.1, 0.15) is 5.82 Å².